The monoisotopic (exact) mass is 331 g/mol. The van der Waals surface area contributed by atoms with Gasteiger partial charge in [0.25, 0.3) is 5.91 Å². The number of benzene rings is 1. The fourth-order valence-corrected chi connectivity index (χ4v) is 2.36. The number of carbonyl (C=O) groups excluding carboxylic acids is 1. The van der Waals surface area contributed by atoms with Gasteiger partial charge in [0.1, 0.15) is 5.69 Å². The van der Waals surface area contributed by atoms with Crippen LogP contribution in [0.25, 0.3) is 0 Å². The number of carbonyl (C=O) groups is 1. The van der Waals surface area contributed by atoms with Gasteiger partial charge in [0, 0.05) is 24.3 Å². The maximum atomic E-state index is 12.3. The van der Waals surface area contributed by atoms with Crippen molar-refractivity contribution in [1.29, 1.82) is 0 Å². The zero-order chi connectivity index (χ0) is 16.8. The summed E-state index contributed by atoms with van der Waals surface area (Å²) in [5.74, 6) is -0.238. The van der Waals surface area contributed by atoms with Crippen molar-refractivity contribution in [3.8, 4) is 0 Å². The number of rotatable bonds is 6. The number of nitrogens with zero attached hydrogens (tertiary/aromatic N) is 2. The van der Waals surface area contributed by atoms with Crippen LogP contribution in [-0.4, -0.2) is 24.5 Å². The van der Waals surface area contributed by atoms with Gasteiger partial charge in [0.05, 0.1) is 11.9 Å². The fraction of sp³-hybridized carbons (Fsp3) is 0.333. The van der Waals surface area contributed by atoms with Crippen LogP contribution in [0, 0.1) is 6.92 Å². The molecule has 0 unspecified atom stereocenters. The van der Waals surface area contributed by atoms with Gasteiger partial charge in [0.15, 0.2) is 0 Å². The van der Waals surface area contributed by atoms with Crippen LogP contribution in [0.15, 0.2) is 36.5 Å². The Labute approximate surface area is 142 Å². The van der Waals surface area contributed by atoms with Crippen LogP contribution in [0.2, 0.25) is 5.02 Å². The summed E-state index contributed by atoms with van der Waals surface area (Å²) in [4.78, 5) is 18.7. The first-order chi connectivity index (χ1) is 11.0. The van der Waals surface area contributed by atoms with Crippen molar-refractivity contribution in [3.63, 3.8) is 0 Å². The number of halogens is 1. The van der Waals surface area contributed by atoms with E-state index >= 15 is 0 Å². The Hall–Kier alpha value is -2.07. The summed E-state index contributed by atoms with van der Waals surface area (Å²) >= 11 is 5.97. The molecule has 5 heteroatoms. The van der Waals surface area contributed by atoms with Crippen LogP contribution >= 0.6 is 11.6 Å². The van der Waals surface area contributed by atoms with Gasteiger partial charge in [-0.1, -0.05) is 31.0 Å². The van der Waals surface area contributed by atoms with Gasteiger partial charge in [-0.15, -0.1) is 0 Å². The van der Waals surface area contributed by atoms with Crippen molar-refractivity contribution in [3.05, 3.63) is 52.8 Å². The second-order valence-electron chi connectivity index (χ2n) is 5.59. The van der Waals surface area contributed by atoms with Crippen LogP contribution in [0.1, 0.15) is 35.8 Å². The second-order valence-corrected chi connectivity index (χ2v) is 6.03. The fourth-order valence-electron chi connectivity index (χ4n) is 2.19. The second kappa shape index (κ2) is 7.97. The standard InChI is InChI=1S/C18H22ClN3O/c1-4-5-10-22(3)15-8-9-16(20-12-15)18(23)21-17-11-14(19)7-6-13(17)2/h6-9,11-12H,4-5,10H2,1-3H3,(H,21,23). The molecule has 0 radical (unpaired) electrons. The van der Waals surface area contributed by atoms with Crippen molar-refractivity contribution in [2.45, 2.75) is 26.7 Å². The molecule has 0 saturated heterocycles. The number of amides is 1. The van der Waals surface area contributed by atoms with E-state index in [1.807, 2.05) is 26.1 Å². The number of aryl methyl sites for hydroxylation is 1. The summed E-state index contributed by atoms with van der Waals surface area (Å²) in [7, 11) is 2.03. The quantitative estimate of drug-likeness (QED) is 0.845. The summed E-state index contributed by atoms with van der Waals surface area (Å²) in [5.41, 5.74) is 3.05. The number of hydrogen-bond donors (Lipinski definition) is 1. The molecular weight excluding hydrogens is 310 g/mol. The normalized spacial score (nSPS) is 10.4. The molecule has 122 valence electrons. The molecule has 0 aliphatic carbocycles. The molecule has 4 nitrogen and oxygen atoms in total. The molecule has 0 aliphatic heterocycles. The van der Waals surface area contributed by atoms with Crippen molar-refractivity contribution in [2.75, 3.05) is 23.8 Å². The van der Waals surface area contributed by atoms with Crippen LogP contribution < -0.4 is 10.2 Å². The van der Waals surface area contributed by atoms with E-state index in [2.05, 4.69) is 22.1 Å². The number of hydrogen-bond acceptors (Lipinski definition) is 3. The van der Waals surface area contributed by atoms with E-state index in [0.717, 1.165) is 30.6 Å². The minimum absolute atomic E-state index is 0.238. The molecule has 0 spiro atoms. The van der Waals surface area contributed by atoms with Crippen molar-refractivity contribution >= 4 is 28.9 Å². The number of aromatic nitrogens is 1. The molecule has 0 atom stereocenters. The molecule has 1 heterocycles. The van der Waals surface area contributed by atoms with Crippen LogP contribution in [0.3, 0.4) is 0 Å². The number of pyridine rings is 1. The van der Waals surface area contributed by atoms with E-state index < -0.39 is 0 Å². The van der Waals surface area contributed by atoms with E-state index in [1.54, 1.807) is 24.4 Å². The number of anilines is 2. The average molecular weight is 332 g/mol. The van der Waals surface area contributed by atoms with E-state index in [-0.39, 0.29) is 5.91 Å². The molecule has 0 fully saturated rings. The van der Waals surface area contributed by atoms with E-state index in [9.17, 15) is 4.79 Å². The molecule has 0 bridgehead atoms. The van der Waals surface area contributed by atoms with Gasteiger partial charge in [-0.25, -0.2) is 4.98 Å². The highest BCUT2D eigenvalue weighted by atomic mass is 35.5. The maximum Gasteiger partial charge on any atom is 0.274 e. The Bertz CT molecular complexity index is 670. The lowest BCUT2D eigenvalue weighted by atomic mass is 10.2. The van der Waals surface area contributed by atoms with Crippen molar-refractivity contribution < 1.29 is 4.79 Å². The topological polar surface area (TPSA) is 45.2 Å². The number of unbranched alkanes of at least 4 members (excludes halogenated alkanes) is 1. The summed E-state index contributed by atoms with van der Waals surface area (Å²) in [5, 5.41) is 3.44. The molecule has 1 aromatic carbocycles. The molecule has 0 saturated carbocycles. The van der Waals surface area contributed by atoms with Gasteiger partial charge in [0.2, 0.25) is 0 Å². The van der Waals surface area contributed by atoms with Gasteiger partial charge < -0.3 is 10.2 Å². The van der Waals surface area contributed by atoms with Crippen LogP contribution in [0.5, 0.6) is 0 Å². The zero-order valence-corrected chi connectivity index (χ0v) is 14.5. The lowest BCUT2D eigenvalue weighted by Crippen LogP contribution is -2.19. The van der Waals surface area contributed by atoms with E-state index in [1.165, 1.54) is 0 Å². The predicted octanol–water partition coefficient (Wildman–Crippen LogP) is 4.53. The van der Waals surface area contributed by atoms with Gasteiger partial charge in [-0.2, -0.15) is 0 Å². The molecule has 1 N–H and O–H groups in total. The highest BCUT2D eigenvalue weighted by Crippen LogP contribution is 2.21. The first-order valence-electron chi connectivity index (χ1n) is 7.76. The summed E-state index contributed by atoms with van der Waals surface area (Å²) in [6.45, 7) is 5.06. The van der Waals surface area contributed by atoms with E-state index in [4.69, 9.17) is 11.6 Å². The third-order valence-electron chi connectivity index (χ3n) is 3.72. The van der Waals surface area contributed by atoms with Gasteiger partial charge in [-0.05, 0) is 43.2 Å². The molecule has 2 aromatic rings. The SMILES string of the molecule is CCCCN(C)c1ccc(C(=O)Nc2cc(Cl)ccc2C)nc1. The first kappa shape index (κ1) is 17.3. The third-order valence-corrected chi connectivity index (χ3v) is 3.95. The smallest absolute Gasteiger partial charge is 0.274 e. The summed E-state index contributed by atoms with van der Waals surface area (Å²) in [6, 6.07) is 9.07. The van der Waals surface area contributed by atoms with Crippen molar-refractivity contribution in [2.24, 2.45) is 0 Å². The average Bonchev–Trinajstić information content (AvgIpc) is 2.56. The minimum Gasteiger partial charge on any atom is -0.373 e. The Morgan fingerprint density at radius 1 is 1.30 bits per heavy atom. The summed E-state index contributed by atoms with van der Waals surface area (Å²) in [6.07, 6.45) is 4.01. The molecule has 0 aliphatic rings. The Balaban J connectivity index is 2.07. The van der Waals surface area contributed by atoms with Gasteiger partial charge in [-0.3, -0.25) is 4.79 Å². The number of nitrogens with one attached hydrogen (secondary N) is 1. The highest BCUT2D eigenvalue weighted by Gasteiger charge is 2.10. The first-order valence-corrected chi connectivity index (χ1v) is 8.13. The van der Waals surface area contributed by atoms with Crippen LogP contribution in [-0.2, 0) is 0 Å². The Morgan fingerprint density at radius 3 is 2.74 bits per heavy atom. The van der Waals surface area contributed by atoms with Crippen molar-refractivity contribution in [1.82, 2.24) is 4.98 Å². The van der Waals surface area contributed by atoms with E-state index in [0.29, 0.717) is 16.4 Å². The molecule has 23 heavy (non-hydrogen) atoms. The summed E-state index contributed by atoms with van der Waals surface area (Å²) < 4.78 is 0. The minimum atomic E-state index is -0.238. The maximum absolute atomic E-state index is 12.3. The van der Waals surface area contributed by atoms with Gasteiger partial charge >= 0.3 is 0 Å². The molecule has 1 amide bonds. The zero-order valence-electron chi connectivity index (χ0n) is 13.8. The Morgan fingerprint density at radius 2 is 2.09 bits per heavy atom. The lowest BCUT2D eigenvalue weighted by Gasteiger charge is -2.18. The Kier molecular flexibility index (Phi) is 5.99. The molecule has 1 aromatic heterocycles. The highest BCUT2D eigenvalue weighted by molar-refractivity contribution is 6.31. The molecular formula is C18H22ClN3O. The largest absolute Gasteiger partial charge is 0.373 e. The predicted molar refractivity (Wildman–Crippen MR) is 96.6 cm³/mol. The van der Waals surface area contributed by atoms with Crippen LogP contribution in [0.4, 0.5) is 11.4 Å². The lowest BCUT2D eigenvalue weighted by molar-refractivity contribution is 0.102. The third kappa shape index (κ3) is 4.70. The molecule has 2 rings (SSSR count).